The number of rotatable bonds is 3. The lowest BCUT2D eigenvalue weighted by Gasteiger charge is -2.22. The van der Waals surface area contributed by atoms with E-state index in [4.69, 9.17) is 9.84 Å². The first-order valence-electron chi connectivity index (χ1n) is 6.47. The van der Waals surface area contributed by atoms with Crippen LogP contribution >= 0.6 is 0 Å². The third-order valence-electron chi connectivity index (χ3n) is 2.82. The monoisotopic (exact) mass is 297 g/mol. The highest BCUT2D eigenvalue weighted by Gasteiger charge is 2.32. The molecule has 0 heterocycles. The molecule has 6 heteroatoms. The molecule has 5 nitrogen and oxygen atoms in total. The summed E-state index contributed by atoms with van der Waals surface area (Å²) in [5.74, 6) is -1.80. The average molecular weight is 297 g/mol. The fraction of sp³-hybridized carbons (Fsp3) is 0.467. The van der Waals surface area contributed by atoms with E-state index >= 15 is 0 Å². The van der Waals surface area contributed by atoms with Crippen LogP contribution in [0.15, 0.2) is 18.2 Å². The van der Waals surface area contributed by atoms with Crippen LogP contribution in [0.4, 0.5) is 14.9 Å². The predicted octanol–water partition coefficient (Wildman–Crippen LogP) is 3.53. The van der Waals surface area contributed by atoms with Crippen molar-refractivity contribution in [3.63, 3.8) is 0 Å². The zero-order valence-corrected chi connectivity index (χ0v) is 12.8. The second-order valence-corrected chi connectivity index (χ2v) is 6.25. The average Bonchev–Trinajstić information content (AvgIpc) is 2.28. The molecule has 1 aromatic carbocycles. The first kappa shape index (κ1) is 16.9. The molecule has 0 aliphatic carbocycles. The SMILES string of the molecule is CC(C)(C)OC(=O)Nc1ccc(F)c(C(C)(C)C(=O)O)c1. The number of carbonyl (C=O) groups is 2. The van der Waals surface area contributed by atoms with Crippen molar-refractivity contribution in [2.75, 3.05) is 5.32 Å². The number of carboxylic acid groups (broad SMARTS) is 1. The fourth-order valence-corrected chi connectivity index (χ4v) is 1.62. The number of aliphatic carboxylic acids is 1. The van der Waals surface area contributed by atoms with Crippen molar-refractivity contribution in [2.24, 2.45) is 0 Å². The summed E-state index contributed by atoms with van der Waals surface area (Å²) < 4.78 is 18.9. The van der Waals surface area contributed by atoms with Crippen LogP contribution in [0.2, 0.25) is 0 Å². The Labute approximate surface area is 123 Å². The van der Waals surface area contributed by atoms with Crippen LogP contribution in [-0.2, 0) is 14.9 Å². The van der Waals surface area contributed by atoms with Crippen molar-refractivity contribution in [1.29, 1.82) is 0 Å². The van der Waals surface area contributed by atoms with Crippen LogP contribution in [-0.4, -0.2) is 22.8 Å². The number of amides is 1. The largest absolute Gasteiger partial charge is 0.481 e. The summed E-state index contributed by atoms with van der Waals surface area (Å²) in [5, 5.41) is 11.6. The molecule has 1 rings (SSSR count). The smallest absolute Gasteiger partial charge is 0.412 e. The fourth-order valence-electron chi connectivity index (χ4n) is 1.62. The molecule has 0 bridgehead atoms. The van der Waals surface area contributed by atoms with E-state index in [0.717, 1.165) is 6.07 Å². The van der Waals surface area contributed by atoms with Gasteiger partial charge in [0, 0.05) is 11.3 Å². The van der Waals surface area contributed by atoms with E-state index in [1.54, 1.807) is 20.8 Å². The number of benzene rings is 1. The summed E-state index contributed by atoms with van der Waals surface area (Å²) in [4.78, 5) is 22.9. The minimum absolute atomic E-state index is 0.0106. The standard InChI is InChI=1S/C15H20FNO4/c1-14(2,3)21-13(20)17-9-6-7-11(16)10(8-9)15(4,5)12(18)19/h6-8H,1-5H3,(H,17,20)(H,18,19). The van der Waals surface area contributed by atoms with E-state index in [2.05, 4.69) is 5.32 Å². The van der Waals surface area contributed by atoms with E-state index in [0.29, 0.717) is 0 Å². The van der Waals surface area contributed by atoms with Crippen LogP contribution < -0.4 is 5.32 Å². The summed E-state index contributed by atoms with van der Waals surface area (Å²) in [6.45, 7) is 7.94. The van der Waals surface area contributed by atoms with Gasteiger partial charge in [-0.15, -0.1) is 0 Å². The van der Waals surface area contributed by atoms with Gasteiger partial charge in [0.2, 0.25) is 0 Å². The number of anilines is 1. The quantitative estimate of drug-likeness (QED) is 0.894. The van der Waals surface area contributed by atoms with E-state index in [1.165, 1.54) is 26.0 Å². The summed E-state index contributed by atoms with van der Waals surface area (Å²) in [6.07, 6.45) is -0.687. The number of hydrogen-bond acceptors (Lipinski definition) is 3. The molecular weight excluding hydrogens is 277 g/mol. The van der Waals surface area contributed by atoms with E-state index in [9.17, 15) is 14.0 Å². The summed E-state index contributed by atoms with van der Waals surface area (Å²) in [7, 11) is 0. The Hall–Kier alpha value is -2.11. The molecule has 0 fully saturated rings. The molecule has 1 aromatic rings. The number of carboxylic acids is 1. The van der Waals surface area contributed by atoms with Gasteiger partial charge < -0.3 is 9.84 Å². The Balaban J connectivity index is 3.03. The Morgan fingerprint density at radius 1 is 1.19 bits per heavy atom. The Morgan fingerprint density at radius 3 is 2.24 bits per heavy atom. The highest BCUT2D eigenvalue weighted by atomic mass is 19.1. The maximum Gasteiger partial charge on any atom is 0.412 e. The molecule has 0 saturated heterocycles. The van der Waals surface area contributed by atoms with Crippen molar-refractivity contribution in [2.45, 2.75) is 45.6 Å². The molecule has 1 amide bonds. The van der Waals surface area contributed by atoms with Gasteiger partial charge in [-0.25, -0.2) is 9.18 Å². The second-order valence-electron chi connectivity index (χ2n) is 6.25. The first-order valence-corrected chi connectivity index (χ1v) is 6.47. The molecule has 116 valence electrons. The predicted molar refractivity (Wildman–Crippen MR) is 76.9 cm³/mol. The number of halogens is 1. The van der Waals surface area contributed by atoms with Crippen molar-refractivity contribution in [3.8, 4) is 0 Å². The molecule has 0 aliphatic heterocycles. The highest BCUT2D eigenvalue weighted by molar-refractivity contribution is 5.86. The minimum atomic E-state index is -1.41. The molecule has 0 radical (unpaired) electrons. The lowest BCUT2D eigenvalue weighted by atomic mass is 9.84. The number of hydrogen-bond donors (Lipinski definition) is 2. The third kappa shape index (κ3) is 4.44. The molecule has 0 aromatic heterocycles. The molecule has 0 atom stereocenters. The van der Waals surface area contributed by atoms with Gasteiger partial charge >= 0.3 is 12.1 Å². The maximum absolute atomic E-state index is 13.8. The van der Waals surface area contributed by atoms with Crippen LogP contribution in [0, 0.1) is 5.82 Å². The van der Waals surface area contributed by atoms with Gasteiger partial charge in [-0.2, -0.15) is 0 Å². The van der Waals surface area contributed by atoms with Gasteiger partial charge in [0.1, 0.15) is 11.4 Å². The summed E-state index contributed by atoms with van der Waals surface area (Å²) in [6, 6.07) is 3.76. The second kappa shape index (κ2) is 5.71. The lowest BCUT2D eigenvalue weighted by Crippen LogP contribution is -2.30. The van der Waals surface area contributed by atoms with Crippen molar-refractivity contribution >= 4 is 17.7 Å². The Kier molecular flexibility index (Phi) is 4.61. The van der Waals surface area contributed by atoms with Gasteiger partial charge in [0.25, 0.3) is 0 Å². The molecule has 21 heavy (non-hydrogen) atoms. The minimum Gasteiger partial charge on any atom is -0.481 e. The molecular formula is C15H20FNO4. The first-order chi connectivity index (χ1) is 9.43. The van der Waals surface area contributed by atoms with Gasteiger partial charge in [-0.3, -0.25) is 10.1 Å². The highest BCUT2D eigenvalue weighted by Crippen LogP contribution is 2.28. The van der Waals surface area contributed by atoms with Crippen LogP contribution in [0.3, 0.4) is 0 Å². The number of ether oxygens (including phenoxy) is 1. The Morgan fingerprint density at radius 2 is 1.76 bits per heavy atom. The van der Waals surface area contributed by atoms with Gasteiger partial charge in [-0.05, 0) is 52.8 Å². The van der Waals surface area contributed by atoms with Gasteiger partial charge in [0.05, 0.1) is 5.41 Å². The van der Waals surface area contributed by atoms with Crippen molar-refractivity contribution in [3.05, 3.63) is 29.6 Å². The summed E-state index contributed by atoms with van der Waals surface area (Å²) >= 11 is 0. The van der Waals surface area contributed by atoms with Crippen molar-refractivity contribution < 1.29 is 23.8 Å². The molecule has 0 aliphatic rings. The van der Waals surface area contributed by atoms with Crippen LogP contribution in [0.5, 0.6) is 0 Å². The van der Waals surface area contributed by atoms with E-state index in [1.807, 2.05) is 0 Å². The number of nitrogens with one attached hydrogen (secondary N) is 1. The topological polar surface area (TPSA) is 75.6 Å². The van der Waals surface area contributed by atoms with E-state index < -0.39 is 28.9 Å². The van der Waals surface area contributed by atoms with Crippen LogP contribution in [0.1, 0.15) is 40.2 Å². The van der Waals surface area contributed by atoms with Crippen LogP contribution in [0.25, 0.3) is 0 Å². The van der Waals surface area contributed by atoms with Gasteiger partial charge in [-0.1, -0.05) is 0 Å². The molecule has 2 N–H and O–H groups in total. The lowest BCUT2D eigenvalue weighted by molar-refractivity contribution is -0.142. The normalized spacial score (nSPS) is 11.9. The molecule has 0 saturated carbocycles. The molecule has 0 spiro atoms. The third-order valence-corrected chi connectivity index (χ3v) is 2.82. The van der Waals surface area contributed by atoms with Crippen molar-refractivity contribution in [1.82, 2.24) is 0 Å². The maximum atomic E-state index is 13.8. The number of carbonyl (C=O) groups excluding carboxylic acids is 1. The Bertz CT molecular complexity index is 561. The van der Waals surface area contributed by atoms with Gasteiger partial charge in [0.15, 0.2) is 0 Å². The van der Waals surface area contributed by atoms with E-state index in [-0.39, 0.29) is 11.3 Å². The summed E-state index contributed by atoms with van der Waals surface area (Å²) in [5.41, 5.74) is -1.80. The zero-order valence-electron chi connectivity index (χ0n) is 12.8. The molecule has 0 unspecified atom stereocenters. The zero-order chi connectivity index (χ0) is 16.4.